The van der Waals surface area contributed by atoms with Crippen LogP contribution in [0.1, 0.15) is 21.1 Å². The highest BCUT2D eigenvalue weighted by molar-refractivity contribution is 7.09. The van der Waals surface area contributed by atoms with Crippen molar-refractivity contribution in [2.24, 2.45) is 11.8 Å². The minimum absolute atomic E-state index is 0.0308. The molecule has 3 fully saturated rings. The average Bonchev–Trinajstić information content (AvgIpc) is 3.33. The molecule has 0 aliphatic carbocycles. The quantitative estimate of drug-likeness (QED) is 0.826. The maximum Gasteiger partial charge on any atom is 0.273 e. The summed E-state index contributed by atoms with van der Waals surface area (Å²) in [4.78, 5) is 19.5. The first kappa shape index (κ1) is 17.3. The Bertz CT molecular complexity index is 842. The molecule has 2 bridgehead atoms. The van der Waals surface area contributed by atoms with Crippen LogP contribution < -0.4 is 5.32 Å². The maximum atomic E-state index is 13.0. The van der Waals surface area contributed by atoms with Crippen LogP contribution in [0.5, 0.6) is 0 Å². The molecule has 3 saturated heterocycles. The Morgan fingerprint density at radius 3 is 3.07 bits per heavy atom. The number of carbonyl (C=O) groups is 1. The fourth-order valence-corrected chi connectivity index (χ4v) is 5.68. The third-order valence-corrected chi connectivity index (χ3v) is 7.02. The van der Waals surface area contributed by atoms with Crippen LogP contribution in [-0.4, -0.2) is 65.4 Å². The van der Waals surface area contributed by atoms with E-state index < -0.39 is 0 Å². The number of morpholine rings is 1. The number of nitrogens with zero attached hydrogens (tertiary/aromatic N) is 2. The SMILES string of the molecule is O=C(c1csc(Cc2ccccc2)n1)N1C[C@@H]2[C@H](CO)[C@H]3CNC[C@]2(C1)O3. The number of benzene rings is 1. The first-order valence-electron chi connectivity index (χ1n) is 9.45. The molecule has 2 N–H and O–H groups in total. The monoisotopic (exact) mass is 385 g/mol. The van der Waals surface area contributed by atoms with Crippen molar-refractivity contribution < 1.29 is 14.6 Å². The van der Waals surface area contributed by atoms with E-state index in [-0.39, 0.29) is 36.1 Å². The van der Waals surface area contributed by atoms with Crippen molar-refractivity contribution in [3.63, 3.8) is 0 Å². The van der Waals surface area contributed by atoms with E-state index in [9.17, 15) is 9.90 Å². The molecule has 4 atom stereocenters. The Hall–Kier alpha value is -1.80. The maximum absolute atomic E-state index is 13.0. The number of aliphatic hydroxyl groups excluding tert-OH is 1. The molecule has 3 aliphatic heterocycles. The first-order chi connectivity index (χ1) is 13.2. The number of ether oxygens (including phenoxy) is 1. The molecule has 1 aromatic heterocycles. The van der Waals surface area contributed by atoms with Gasteiger partial charge in [0, 0.05) is 49.9 Å². The van der Waals surface area contributed by atoms with Gasteiger partial charge in [-0.3, -0.25) is 4.79 Å². The van der Waals surface area contributed by atoms with E-state index in [2.05, 4.69) is 22.4 Å². The highest BCUT2D eigenvalue weighted by atomic mass is 32.1. The normalized spacial score (nSPS) is 31.9. The molecule has 0 saturated carbocycles. The first-order valence-corrected chi connectivity index (χ1v) is 10.3. The molecule has 5 rings (SSSR count). The molecule has 3 aliphatic rings. The molecule has 7 heteroatoms. The minimum Gasteiger partial charge on any atom is -0.396 e. The van der Waals surface area contributed by atoms with Gasteiger partial charge < -0.3 is 20.1 Å². The van der Waals surface area contributed by atoms with Gasteiger partial charge in [-0.2, -0.15) is 0 Å². The van der Waals surface area contributed by atoms with E-state index in [1.807, 2.05) is 28.5 Å². The number of aromatic nitrogens is 1. The van der Waals surface area contributed by atoms with E-state index in [1.54, 1.807) is 0 Å². The van der Waals surface area contributed by atoms with E-state index >= 15 is 0 Å². The molecule has 1 amide bonds. The van der Waals surface area contributed by atoms with Crippen LogP contribution in [0.15, 0.2) is 35.7 Å². The summed E-state index contributed by atoms with van der Waals surface area (Å²) in [5.41, 5.74) is 1.36. The zero-order valence-electron chi connectivity index (χ0n) is 15.0. The Balaban J connectivity index is 1.31. The molecule has 142 valence electrons. The standard InChI is InChI=1S/C20H23N3O3S/c24-9-14-15-8-23(12-20(15)11-21-7-17(14)26-20)19(25)16-10-27-18(22-16)6-13-4-2-1-3-5-13/h1-5,10,14-15,17,21,24H,6-9,11-12H2/t14-,15+,17+,20+/m0/s1. The summed E-state index contributed by atoms with van der Waals surface area (Å²) < 4.78 is 6.28. The molecular formula is C20H23N3O3S. The second kappa shape index (κ2) is 6.67. The van der Waals surface area contributed by atoms with Crippen molar-refractivity contribution in [2.45, 2.75) is 18.1 Å². The number of amides is 1. The fourth-order valence-electron chi connectivity index (χ4n) is 4.88. The number of hydrogen-bond donors (Lipinski definition) is 2. The van der Waals surface area contributed by atoms with Crippen LogP contribution in [-0.2, 0) is 11.2 Å². The second-order valence-corrected chi connectivity index (χ2v) is 8.72. The number of rotatable bonds is 4. The van der Waals surface area contributed by atoms with Gasteiger partial charge in [0.05, 0.1) is 17.7 Å². The number of thiazole rings is 1. The van der Waals surface area contributed by atoms with Crippen molar-refractivity contribution in [1.29, 1.82) is 0 Å². The van der Waals surface area contributed by atoms with Crippen molar-refractivity contribution in [2.75, 3.05) is 32.8 Å². The third-order valence-electron chi connectivity index (χ3n) is 6.17. The number of aliphatic hydroxyl groups is 1. The zero-order valence-corrected chi connectivity index (χ0v) is 15.8. The van der Waals surface area contributed by atoms with Crippen molar-refractivity contribution in [3.05, 3.63) is 52.0 Å². The van der Waals surface area contributed by atoms with Gasteiger partial charge in [-0.1, -0.05) is 30.3 Å². The largest absolute Gasteiger partial charge is 0.396 e. The molecule has 6 nitrogen and oxygen atoms in total. The van der Waals surface area contributed by atoms with Crippen LogP contribution in [0.2, 0.25) is 0 Å². The van der Waals surface area contributed by atoms with Crippen LogP contribution in [0.4, 0.5) is 0 Å². The number of fused-ring (bicyclic) bond motifs is 1. The third kappa shape index (κ3) is 2.89. The molecule has 2 aromatic rings. The summed E-state index contributed by atoms with van der Waals surface area (Å²) in [5, 5.41) is 16.0. The summed E-state index contributed by atoms with van der Waals surface area (Å²) in [5.74, 6) is 0.257. The van der Waals surface area contributed by atoms with Gasteiger partial charge >= 0.3 is 0 Å². The fraction of sp³-hybridized carbons (Fsp3) is 0.500. The van der Waals surface area contributed by atoms with Crippen molar-refractivity contribution >= 4 is 17.2 Å². The van der Waals surface area contributed by atoms with Gasteiger partial charge in [-0.15, -0.1) is 11.3 Å². The highest BCUT2D eigenvalue weighted by Crippen LogP contribution is 2.47. The smallest absolute Gasteiger partial charge is 0.273 e. The highest BCUT2D eigenvalue weighted by Gasteiger charge is 2.61. The molecule has 1 spiro atoms. The Labute approximate surface area is 162 Å². The zero-order chi connectivity index (χ0) is 18.4. The van der Waals surface area contributed by atoms with Gasteiger partial charge in [0.15, 0.2) is 0 Å². The van der Waals surface area contributed by atoms with Crippen LogP contribution in [0, 0.1) is 11.8 Å². The number of carbonyl (C=O) groups excluding carboxylic acids is 1. The van der Waals surface area contributed by atoms with E-state index in [0.717, 1.165) is 24.5 Å². The Morgan fingerprint density at radius 1 is 1.41 bits per heavy atom. The summed E-state index contributed by atoms with van der Waals surface area (Å²) in [6.07, 6.45) is 0.801. The lowest BCUT2D eigenvalue weighted by molar-refractivity contribution is -0.0726. The van der Waals surface area contributed by atoms with Gasteiger partial charge in [0.25, 0.3) is 5.91 Å². The predicted octanol–water partition coefficient (Wildman–Crippen LogP) is 1.16. The van der Waals surface area contributed by atoms with Crippen molar-refractivity contribution in [1.82, 2.24) is 15.2 Å². The number of nitrogens with one attached hydrogen (secondary N) is 1. The Kier molecular flexibility index (Phi) is 4.27. The molecule has 27 heavy (non-hydrogen) atoms. The molecule has 0 radical (unpaired) electrons. The summed E-state index contributed by atoms with van der Waals surface area (Å²) >= 11 is 1.53. The second-order valence-electron chi connectivity index (χ2n) is 7.78. The lowest BCUT2D eigenvalue weighted by Gasteiger charge is -2.33. The van der Waals surface area contributed by atoms with Gasteiger partial charge in [0.1, 0.15) is 11.3 Å². The van der Waals surface area contributed by atoms with E-state index in [0.29, 0.717) is 18.8 Å². The van der Waals surface area contributed by atoms with Crippen LogP contribution in [0.25, 0.3) is 0 Å². The number of likely N-dealkylation sites (tertiary alicyclic amines) is 1. The molecule has 4 heterocycles. The van der Waals surface area contributed by atoms with Gasteiger partial charge in [0.2, 0.25) is 0 Å². The topological polar surface area (TPSA) is 74.7 Å². The predicted molar refractivity (Wildman–Crippen MR) is 102 cm³/mol. The average molecular weight is 385 g/mol. The van der Waals surface area contributed by atoms with E-state index in [4.69, 9.17) is 4.74 Å². The molecule has 0 unspecified atom stereocenters. The van der Waals surface area contributed by atoms with Crippen LogP contribution in [0.3, 0.4) is 0 Å². The number of hydrogen-bond acceptors (Lipinski definition) is 6. The van der Waals surface area contributed by atoms with Crippen LogP contribution >= 0.6 is 11.3 Å². The van der Waals surface area contributed by atoms with Crippen molar-refractivity contribution in [3.8, 4) is 0 Å². The lowest BCUT2D eigenvalue weighted by atomic mass is 9.83. The summed E-state index contributed by atoms with van der Waals surface area (Å²) in [6, 6.07) is 10.2. The summed E-state index contributed by atoms with van der Waals surface area (Å²) in [6.45, 7) is 2.84. The summed E-state index contributed by atoms with van der Waals surface area (Å²) in [7, 11) is 0. The lowest BCUT2D eigenvalue weighted by Crippen LogP contribution is -2.52. The molecular weight excluding hydrogens is 362 g/mol. The van der Waals surface area contributed by atoms with Gasteiger partial charge in [-0.25, -0.2) is 4.98 Å². The van der Waals surface area contributed by atoms with E-state index in [1.165, 1.54) is 16.9 Å². The minimum atomic E-state index is -0.352. The van der Waals surface area contributed by atoms with Gasteiger partial charge in [-0.05, 0) is 5.56 Å². The molecule has 1 aromatic carbocycles. The Morgan fingerprint density at radius 2 is 2.26 bits per heavy atom.